The van der Waals surface area contributed by atoms with Crippen LogP contribution in [0.1, 0.15) is 15.9 Å². The van der Waals surface area contributed by atoms with Crippen LogP contribution in [-0.4, -0.2) is 34.6 Å². The molecule has 0 atom stereocenters. The predicted molar refractivity (Wildman–Crippen MR) is 115 cm³/mol. The first kappa shape index (κ1) is 21.4. The molecule has 3 aromatic rings. The number of hydrogen-bond acceptors (Lipinski definition) is 5. The summed E-state index contributed by atoms with van der Waals surface area (Å²) in [6.45, 7) is 2.28. The Balaban J connectivity index is 1.57. The molecule has 3 rings (SSSR count). The molecule has 0 radical (unpaired) electrons. The average molecular weight is 426 g/mol. The lowest BCUT2D eigenvalue weighted by Crippen LogP contribution is -2.26. The highest BCUT2D eigenvalue weighted by molar-refractivity contribution is 7.92. The Morgan fingerprint density at radius 2 is 1.60 bits per heavy atom. The van der Waals surface area contributed by atoms with E-state index in [1.54, 1.807) is 24.3 Å². The summed E-state index contributed by atoms with van der Waals surface area (Å²) < 4.78 is 37.5. The summed E-state index contributed by atoms with van der Waals surface area (Å²) in [6, 6.07) is 22.0. The van der Waals surface area contributed by atoms with Crippen molar-refractivity contribution in [2.45, 2.75) is 11.8 Å². The summed E-state index contributed by atoms with van der Waals surface area (Å²) in [6.07, 6.45) is 0. The largest absolute Gasteiger partial charge is 0.490 e. The van der Waals surface area contributed by atoms with Crippen molar-refractivity contribution in [2.24, 2.45) is 0 Å². The highest BCUT2D eigenvalue weighted by atomic mass is 32.2. The first-order valence-corrected chi connectivity index (χ1v) is 10.8. The maximum Gasteiger partial charge on any atom is 0.338 e. The van der Waals surface area contributed by atoms with E-state index in [4.69, 9.17) is 9.47 Å². The standard InChI is InChI=1S/C23H23NO5S/c1-18-7-6-10-21(17-18)28-15-16-29-23(25)19-11-13-22(14-12-19)30(26,27)24(2)20-8-4-3-5-9-20/h3-14,17H,15-16H2,1-2H3. The van der Waals surface area contributed by atoms with Gasteiger partial charge in [-0.1, -0.05) is 30.3 Å². The molecule has 0 aliphatic heterocycles. The smallest absolute Gasteiger partial charge is 0.338 e. The van der Waals surface area contributed by atoms with Crippen LogP contribution in [0.25, 0.3) is 0 Å². The van der Waals surface area contributed by atoms with Crippen molar-refractivity contribution < 1.29 is 22.7 Å². The number of aryl methyl sites for hydroxylation is 1. The number of para-hydroxylation sites is 1. The number of benzene rings is 3. The normalized spacial score (nSPS) is 11.0. The van der Waals surface area contributed by atoms with E-state index >= 15 is 0 Å². The molecule has 0 unspecified atom stereocenters. The number of nitrogens with zero attached hydrogens (tertiary/aromatic N) is 1. The Morgan fingerprint density at radius 3 is 2.27 bits per heavy atom. The maximum atomic E-state index is 12.8. The number of rotatable bonds is 8. The lowest BCUT2D eigenvalue weighted by molar-refractivity contribution is 0.0450. The van der Waals surface area contributed by atoms with E-state index in [-0.39, 0.29) is 23.7 Å². The van der Waals surface area contributed by atoms with Crippen LogP contribution in [0.3, 0.4) is 0 Å². The number of anilines is 1. The van der Waals surface area contributed by atoms with Crippen LogP contribution in [-0.2, 0) is 14.8 Å². The van der Waals surface area contributed by atoms with Crippen LogP contribution in [0.4, 0.5) is 5.69 Å². The molecular weight excluding hydrogens is 402 g/mol. The molecule has 0 aromatic heterocycles. The van der Waals surface area contributed by atoms with Crippen molar-refractivity contribution in [3.63, 3.8) is 0 Å². The lowest BCUT2D eigenvalue weighted by atomic mass is 10.2. The van der Waals surface area contributed by atoms with Crippen LogP contribution < -0.4 is 9.04 Å². The van der Waals surface area contributed by atoms with Gasteiger partial charge in [0.05, 0.1) is 16.1 Å². The third kappa shape index (κ3) is 5.18. The van der Waals surface area contributed by atoms with Gasteiger partial charge in [0.15, 0.2) is 0 Å². The predicted octanol–water partition coefficient (Wildman–Crippen LogP) is 4.06. The van der Waals surface area contributed by atoms with E-state index in [0.29, 0.717) is 11.4 Å². The molecule has 0 aliphatic carbocycles. The molecule has 0 bridgehead atoms. The Bertz CT molecular complexity index is 1100. The van der Waals surface area contributed by atoms with Crippen molar-refractivity contribution in [2.75, 3.05) is 24.6 Å². The Morgan fingerprint density at radius 1 is 0.900 bits per heavy atom. The summed E-state index contributed by atoms with van der Waals surface area (Å²) in [4.78, 5) is 12.3. The number of carbonyl (C=O) groups excluding carboxylic acids is 1. The molecule has 0 N–H and O–H groups in total. The fraction of sp³-hybridized carbons (Fsp3) is 0.174. The molecule has 0 spiro atoms. The summed E-state index contributed by atoms with van der Waals surface area (Å²) in [5.74, 6) is 0.173. The minimum atomic E-state index is -3.73. The third-order valence-corrected chi connectivity index (χ3v) is 6.24. The molecule has 30 heavy (non-hydrogen) atoms. The second kappa shape index (κ2) is 9.45. The first-order valence-electron chi connectivity index (χ1n) is 9.38. The van der Waals surface area contributed by atoms with Gasteiger partial charge in [0.2, 0.25) is 0 Å². The van der Waals surface area contributed by atoms with E-state index in [9.17, 15) is 13.2 Å². The zero-order valence-electron chi connectivity index (χ0n) is 16.8. The van der Waals surface area contributed by atoms with Crippen molar-refractivity contribution in [3.05, 3.63) is 90.0 Å². The summed E-state index contributed by atoms with van der Waals surface area (Å²) in [5, 5.41) is 0. The number of hydrogen-bond donors (Lipinski definition) is 0. The molecule has 0 aliphatic rings. The molecule has 0 saturated carbocycles. The van der Waals surface area contributed by atoms with Gasteiger partial charge in [-0.3, -0.25) is 4.31 Å². The fourth-order valence-electron chi connectivity index (χ4n) is 2.78. The molecule has 7 heteroatoms. The highest BCUT2D eigenvalue weighted by Gasteiger charge is 2.21. The number of ether oxygens (including phenoxy) is 2. The molecular formula is C23H23NO5S. The monoisotopic (exact) mass is 425 g/mol. The molecule has 6 nitrogen and oxygen atoms in total. The van der Waals surface area contributed by atoms with Gasteiger partial charge in [-0.2, -0.15) is 0 Å². The number of esters is 1. The van der Waals surface area contributed by atoms with Crippen molar-refractivity contribution in [1.82, 2.24) is 0 Å². The van der Waals surface area contributed by atoms with Gasteiger partial charge in [-0.05, 0) is 61.0 Å². The van der Waals surface area contributed by atoms with E-state index in [1.165, 1.54) is 35.6 Å². The SMILES string of the molecule is Cc1cccc(OCCOC(=O)c2ccc(S(=O)(=O)N(C)c3ccccc3)cc2)c1. The van der Waals surface area contributed by atoms with Crippen molar-refractivity contribution >= 4 is 21.7 Å². The van der Waals surface area contributed by atoms with Crippen molar-refractivity contribution in [3.8, 4) is 5.75 Å². The fourth-order valence-corrected chi connectivity index (χ4v) is 3.98. The zero-order chi connectivity index (χ0) is 21.6. The van der Waals surface area contributed by atoms with Crippen LogP contribution in [0.5, 0.6) is 5.75 Å². The average Bonchev–Trinajstić information content (AvgIpc) is 2.77. The Hall–Kier alpha value is -3.32. The van der Waals surface area contributed by atoms with Gasteiger partial charge >= 0.3 is 5.97 Å². The lowest BCUT2D eigenvalue weighted by Gasteiger charge is -2.19. The summed E-state index contributed by atoms with van der Waals surface area (Å²) >= 11 is 0. The quantitative estimate of drug-likeness (QED) is 0.402. The Kier molecular flexibility index (Phi) is 6.74. The highest BCUT2D eigenvalue weighted by Crippen LogP contribution is 2.22. The minimum absolute atomic E-state index is 0.0869. The van der Waals surface area contributed by atoms with Crippen LogP contribution in [0, 0.1) is 6.92 Å². The van der Waals surface area contributed by atoms with E-state index in [2.05, 4.69) is 0 Å². The van der Waals surface area contributed by atoms with Gasteiger partial charge in [0.25, 0.3) is 10.0 Å². The molecule has 0 saturated heterocycles. The maximum absolute atomic E-state index is 12.8. The van der Waals surface area contributed by atoms with E-state index in [1.807, 2.05) is 37.3 Å². The summed E-state index contributed by atoms with van der Waals surface area (Å²) in [7, 11) is -2.24. The zero-order valence-corrected chi connectivity index (χ0v) is 17.6. The van der Waals surface area contributed by atoms with Gasteiger partial charge in [0.1, 0.15) is 19.0 Å². The van der Waals surface area contributed by atoms with Crippen molar-refractivity contribution in [1.29, 1.82) is 0 Å². The van der Waals surface area contributed by atoms with Gasteiger partial charge in [-0.25, -0.2) is 13.2 Å². The molecule has 156 valence electrons. The van der Waals surface area contributed by atoms with Crippen LogP contribution in [0.15, 0.2) is 83.8 Å². The van der Waals surface area contributed by atoms with Gasteiger partial charge in [-0.15, -0.1) is 0 Å². The van der Waals surface area contributed by atoms with E-state index < -0.39 is 16.0 Å². The van der Waals surface area contributed by atoms with Crippen LogP contribution >= 0.6 is 0 Å². The molecule has 0 heterocycles. The molecule has 0 fully saturated rings. The third-order valence-electron chi connectivity index (χ3n) is 4.44. The molecule has 0 amide bonds. The minimum Gasteiger partial charge on any atom is -0.490 e. The second-order valence-electron chi connectivity index (χ2n) is 6.63. The number of sulfonamides is 1. The second-order valence-corrected chi connectivity index (χ2v) is 8.60. The van der Waals surface area contributed by atoms with E-state index in [0.717, 1.165) is 5.56 Å². The van der Waals surface area contributed by atoms with Gasteiger partial charge < -0.3 is 9.47 Å². The Labute approximate surface area is 176 Å². The molecule has 3 aromatic carbocycles. The number of carbonyl (C=O) groups is 1. The van der Waals surface area contributed by atoms with Crippen LogP contribution in [0.2, 0.25) is 0 Å². The summed E-state index contributed by atoms with van der Waals surface area (Å²) in [5.41, 5.74) is 1.90. The topological polar surface area (TPSA) is 72.9 Å². The van der Waals surface area contributed by atoms with Gasteiger partial charge in [0, 0.05) is 7.05 Å². The first-order chi connectivity index (χ1) is 14.4.